The highest BCUT2D eigenvalue weighted by Crippen LogP contribution is 2.39. The molecular weight excluding hydrogens is 477 g/mol. The van der Waals surface area contributed by atoms with Crippen LogP contribution < -0.4 is 10.2 Å². The summed E-state index contributed by atoms with van der Waals surface area (Å²) in [5.41, 5.74) is 0.778. The molecule has 2 aromatic rings. The van der Waals surface area contributed by atoms with Crippen molar-refractivity contribution in [2.45, 2.75) is 6.61 Å². The minimum atomic E-state index is -3.22. The van der Waals surface area contributed by atoms with Crippen molar-refractivity contribution in [1.82, 2.24) is 10.2 Å². The van der Waals surface area contributed by atoms with E-state index < -0.39 is 12.6 Å². The van der Waals surface area contributed by atoms with Crippen LogP contribution in [-0.4, -0.2) is 28.7 Å². The second-order valence-electron chi connectivity index (χ2n) is 5.07. The molecule has 0 atom stereocenters. The molecule has 2 aromatic carbocycles. The van der Waals surface area contributed by atoms with E-state index in [9.17, 15) is 14.7 Å². The van der Waals surface area contributed by atoms with E-state index in [1.54, 1.807) is 30.3 Å². The molecule has 0 amide bonds. The van der Waals surface area contributed by atoms with Gasteiger partial charge in [0, 0.05) is 29.8 Å². The van der Waals surface area contributed by atoms with E-state index in [-0.39, 0.29) is 12.3 Å². The van der Waals surface area contributed by atoms with Gasteiger partial charge < -0.3 is 4.52 Å². The van der Waals surface area contributed by atoms with Crippen molar-refractivity contribution in [3.63, 3.8) is 0 Å². The highest BCUT2D eigenvalue weighted by atomic mass is 79.9. The van der Waals surface area contributed by atoms with Crippen LogP contribution in [-0.2, 0) is 15.7 Å². The molecule has 2 rings (SSSR count). The fraction of sp³-hybridized carbons (Fsp3) is 0.333. The number of rotatable bonds is 10. The summed E-state index contributed by atoms with van der Waals surface area (Å²) in [6, 6.07) is 10.1. The quantitative estimate of drug-likeness (QED) is 0.221. The first-order valence-electron chi connectivity index (χ1n) is 7.52. The summed E-state index contributed by atoms with van der Waals surface area (Å²) in [6.45, 7) is 1.03. The highest BCUT2D eigenvalue weighted by Gasteiger charge is 2.22. The van der Waals surface area contributed by atoms with Gasteiger partial charge in [-0.2, -0.15) is 0 Å². The Morgan fingerprint density at radius 3 is 2.20 bits per heavy atom. The summed E-state index contributed by atoms with van der Waals surface area (Å²) < 4.78 is 18.5. The molecule has 0 aliphatic rings. The van der Waals surface area contributed by atoms with Crippen molar-refractivity contribution in [3.05, 3.63) is 52.1 Å². The van der Waals surface area contributed by atoms with Crippen molar-refractivity contribution in [3.8, 4) is 0 Å². The van der Waals surface area contributed by atoms with Crippen molar-refractivity contribution in [2.75, 3.05) is 23.7 Å². The van der Waals surface area contributed by atoms with E-state index in [2.05, 4.69) is 42.0 Å². The largest absolute Gasteiger partial charge is 0.341 e. The number of nitro groups is 1. The minimum absolute atomic E-state index is 0.0392. The Morgan fingerprint density at radius 1 is 1.04 bits per heavy atom. The van der Waals surface area contributed by atoms with Gasteiger partial charge in [0.05, 0.1) is 16.9 Å². The molecule has 10 heteroatoms. The third-order valence-corrected chi connectivity index (χ3v) is 5.98. The zero-order valence-electron chi connectivity index (χ0n) is 13.3. The van der Waals surface area contributed by atoms with Gasteiger partial charge in [0.1, 0.15) is 0 Å². The lowest BCUT2D eigenvalue weighted by molar-refractivity contribution is -0.383. The molecule has 0 saturated carbocycles. The number of alkyl halides is 2. The maximum atomic E-state index is 12.8. The average Bonchev–Trinajstić information content (AvgIpc) is 2.62. The molecule has 0 radical (unpaired) electrons. The molecule has 7 nitrogen and oxygen atoms in total. The lowest BCUT2D eigenvalue weighted by Crippen LogP contribution is -2.26. The predicted molar refractivity (Wildman–Crippen MR) is 107 cm³/mol. The van der Waals surface area contributed by atoms with Gasteiger partial charge >= 0.3 is 7.67 Å². The molecule has 0 heterocycles. The Labute approximate surface area is 162 Å². The van der Waals surface area contributed by atoms with Crippen LogP contribution in [0.2, 0.25) is 0 Å². The van der Waals surface area contributed by atoms with E-state index in [0.29, 0.717) is 34.5 Å². The number of nitrogens with zero attached hydrogens (tertiary/aromatic N) is 1. The topological polar surface area (TPSA) is 93.5 Å². The Bertz CT molecular complexity index is 778. The Hall–Kier alpha value is -0.830. The fourth-order valence-electron chi connectivity index (χ4n) is 2.32. The van der Waals surface area contributed by atoms with Gasteiger partial charge in [-0.15, -0.1) is 0 Å². The van der Waals surface area contributed by atoms with E-state index in [0.717, 1.165) is 5.56 Å². The molecule has 0 unspecified atom stereocenters. The summed E-state index contributed by atoms with van der Waals surface area (Å²) in [5, 5.41) is 19.4. The summed E-state index contributed by atoms with van der Waals surface area (Å²) >= 11 is 6.56. The number of hydrogen-bond donors (Lipinski definition) is 2. The summed E-state index contributed by atoms with van der Waals surface area (Å²) in [7, 11) is -3.22. The molecule has 0 saturated heterocycles. The number of nitrogens with one attached hydrogen (secondary N) is 2. The normalized spacial score (nSPS) is 11.8. The molecule has 0 fully saturated rings. The van der Waals surface area contributed by atoms with Gasteiger partial charge in [-0.3, -0.25) is 14.7 Å². The molecular formula is C15H18Br2N3O4P. The lowest BCUT2D eigenvalue weighted by atomic mass is 10.0. The van der Waals surface area contributed by atoms with E-state index in [4.69, 9.17) is 4.52 Å². The first kappa shape index (κ1) is 20.5. The van der Waals surface area contributed by atoms with Crippen LogP contribution in [0, 0.1) is 10.1 Å². The van der Waals surface area contributed by atoms with Crippen molar-refractivity contribution < 1.29 is 14.0 Å². The van der Waals surface area contributed by atoms with Crippen LogP contribution >= 0.6 is 39.5 Å². The van der Waals surface area contributed by atoms with Crippen LogP contribution in [0.4, 0.5) is 5.69 Å². The first-order chi connectivity index (χ1) is 12.0. The Morgan fingerprint density at radius 2 is 1.64 bits per heavy atom. The molecule has 0 aromatic heterocycles. The molecule has 2 N–H and O–H groups in total. The van der Waals surface area contributed by atoms with Gasteiger partial charge in [-0.1, -0.05) is 50.1 Å². The van der Waals surface area contributed by atoms with Gasteiger partial charge in [-0.05, 0) is 23.1 Å². The van der Waals surface area contributed by atoms with Gasteiger partial charge in [0.2, 0.25) is 0 Å². The zero-order valence-corrected chi connectivity index (χ0v) is 17.3. The summed E-state index contributed by atoms with van der Waals surface area (Å²) in [5.74, 6) is 0. The Balaban J connectivity index is 2.25. The number of halogens is 2. The van der Waals surface area contributed by atoms with Gasteiger partial charge in [-0.25, -0.2) is 10.2 Å². The Kier molecular flexibility index (Phi) is 7.99. The second-order valence-corrected chi connectivity index (χ2v) is 8.65. The van der Waals surface area contributed by atoms with Crippen molar-refractivity contribution in [2.24, 2.45) is 0 Å². The molecule has 0 bridgehead atoms. The fourth-order valence-corrected chi connectivity index (χ4v) is 4.75. The standard InChI is InChI=1S/C15H18Br2N3O4P/c16-7-9-18-25(23,19-10-8-17)24-11-12-5-6-15(20(21)22)14-4-2-1-3-13(12)14/h1-6H,7-11H2,(H2,18,19,23). The maximum absolute atomic E-state index is 12.8. The number of nitro benzene ring substituents is 1. The van der Waals surface area contributed by atoms with E-state index in [1.807, 2.05) is 0 Å². The molecule has 25 heavy (non-hydrogen) atoms. The average molecular weight is 495 g/mol. The van der Waals surface area contributed by atoms with Crippen LogP contribution in [0.1, 0.15) is 5.56 Å². The van der Waals surface area contributed by atoms with Crippen LogP contribution in [0.25, 0.3) is 10.8 Å². The van der Waals surface area contributed by atoms with Crippen molar-refractivity contribution in [1.29, 1.82) is 0 Å². The SMILES string of the molecule is O=[N+]([O-])c1ccc(COP(=O)(NCCBr)NCCBr)c2ccccc12. The summed E-state index contributed by atoms with van der Waals surface area (Å²) in [4.78, 5) is 10.8. The number of benzene rings is 2. The lowest BCUT2D eigenvalue weighted by Gasteiger charge is -2.20. The van der Waals surface area contributed by atoms with E-state index in [1.165, 1.54) is 6.07 Å². The van der Waals surface area contributed by atoms with E-state index >= 15 is 0 Å². The van der Waals surface area contributed by atoms with Crippen LogP contribution in [0.15, 0.2) is 36.4 Å². The third-order valence-electron chi connectivity index (χ3n) is 3.42. The maximum Gasteiger partial charge on any atom is 0.341 e. The smallest absolute Gasteiger partial charge is 0.301 e. The second kappa shape index (κ2) is 9.75. The van der Waals surface area contributed by atoms with Crippen LogP contribution in [0.3, 0.4) is 0 Å². The molecule has 136 valence electrons. The van der Waals surface area contributed by atoms with Crippen LogP contribution in [0.5, 0.6) is 0 Å². The number of fused-ring (bicyclic) bond motifs is 1. The number of non-ortho nitro benzene ring substituents is 1. The molecule has 0 aliphatic heterocycles. The molecule has 0 spiro atoms. The van der Waals surface area contributed by atoms with Crippen molar-refractivity contribution >= 4 is 56.0 Å². The summed E-state index contributed by atoms with van der Waals surface area (Å²) in [6.07, 6.45) is 0. The monoisotopic (exact) mass is 493 g/mol. The zero-order chi connectivity index (χ0) is 18.3. The van der Waals surface area contributed by atoms with Gasteiger partial charge in [0.15, 0.2) is 0 Å². The minimum Gasteiger partial charge on any atom is -0.301 e. The third kappa shape index (κ3) is 5.57. The number of hydrogen-bond acceptors (Lipinski definition) is 4. The molecule has 0 aliphatic carbocycles. The van der Waals surface area contributed by atoms with Gasteiger partial charge in [0.25, 0.3) is 5.69 Å². The highest BCUT2D eigenvalue weighted by molar-refractivity contribution is 9.09. The first-order valence-corrected chi connectivity index (χ1v) is 11.4. The predicted octanol–water partition coefficient (Wildman–Crippen LogP) is 4.34.